The van der Waals surface area contributed by atoms with Crippen molar-refractivity contribution in [3.8, 4) is 11.5 Å². The number of nitrogens with one attached hydrogen (secondary N) is 2. The lowest BCUT2D eigenvalue weighted by Crippen LogP contribution is -2.39. The van der Waals surface area contributed by atoms with Crippen molar-refractivity contribution in [1.82, 2.24) is 19.1 Å². The lowest BCUT2D eigenvalue weighted by atomic mass is 9.89. The molecule has 1 saturated carbocycles. The number of aromatic nitrogens is 4. The van der Waals surface area contributed by atoms with Crippen LogP contribution in [0.1, 0.15) is 31.4 Å². The number of rotatable bonds is 7. The number of ether oxygens (including phenoxy) is 2. The molecule has 4 aromatic rings. The van der Waals surface area contributed by atoms with Crippen LogP contribution in [0, 0.1) is 0 Å². The van der Waals surface area contributed by atoms with Crippen LogP contribution in [0.4, 0.5) is 30.6 Å². The summed E-state index contributed by atoms with van der Waals surface area (Å²) in [4.78, 5) is 32.5. The maximum atomic E-state index is 13.7. The van der Waals surface area contributed by atoms with E-state index in [1.54, 1.807) is 41.9 Å². The highest BCUT2D eigenvalue weighted by molar-refractivity contribution is 5.87. The second-order valence-corrected chi connectivity index (χ2v) is 9.27. The molecule has 0 saturated heterocycles. The van der Waals surface area contributed by atoms with E-state index >= 15 is 0 Å². The van der Waals surface area contributed by atoms with Crippen molar-refractivity contribution in [3.05, 3.63) is 64.7 Å². The molecular formula is C26H25F3N6O4. The van der Waals surface area contributed by atoms with E-state index in [0.717, 1.165) is 10.6 Å². The number of hydrogen-bond acceptors (Lipinski definition) is 7. The first-order chi connectivity index (χ1) is 18.5. The molecule has 1 amide bonds. The smallest absolute Gasteiger partial charge is 0.421 e. The van der Waals surface area contributed by atoms with Crippen LogP contribution in [0.25, 0.3) is 11.0 Å². The zero-order valence-electron chi connectivity index (χ0n) is 21.2. The van der Waals surface area contributed by atoms with Gasteiger partial charge in [-0.1, -0.05) is 0 Å². The highest BCUT2D eigenvalue weighted by atomic mass is 19.4. The van der Waals surface area contributed by atoms with E-state index in [-0.39, 0.29) is 29.7 Å². The Morgan fingerprint density at radius 1 is 1.13 bits per heavy atom. The Labute approximate surface area is 220 Å². The standard InChI is InChI=1S/C26H25F3N6O4/c1-14(36)31-23-12-18(6-7-30-23)39-17-4-5-21-22(11-17)34(2)25(33-21)32-15-8-20(26(27,28)29)24(37)35(13-15)16-9-19(10-16)38-3/h4-8,11-13,16,19H,9-10H2,1-3H3,(H,32,33)(H,30,31,36). The normalized spacial score (nSPS) is 17.1. The molecule has 0 aliphatic heterocycles. The molecule has 3 heterocycles. The topological polar surface area (TPSA) is 112 Å². The number of nitrogens with zero attached hydrogens (tertiary/aromatic N) is 4. The maximum absolute atomic E-state index is 13.7. The molecule has 204 valence electrons. The zero-order valence-corrected chi connectivity index (χ0v) is 21.2. The quantitative estimate of drug-likeness (QED) is 0.338. The van der Waals surface area contributed by atoms with Crippen LogP contribution < -0.4 is 20.9 Å². The predicted octanol–water partition coefficient (Wildman–Crippen LogP) is 4.99. The molecule has 1 aliphatic rings. The molecule has 5 rings (SSSR count). The van der Waals surface area contributed by atoms with E-state index in [2.05, 4.69) is 20.6 Å². The molecule has 2 N–H and O–H groups in total. The third-order valence-electron chi connectivity index (χ3n) is 6.52. The summed E-state index contributed by atoms with van der Waals surface area (Å²) in [5, 5.41) is 5.52. The van der Waals surface area contributed by atoms with Gasteiger partial charge in [-0.05, 0) is 37.1 Å². The first kappa shape index (κ1) is 26.2. The number of amides is 1. The van der Waals surface area contributed by atoms with Gasteiger partial charge in [0.15, 0.2) is 0 Å². The van der Waals surface area contributed by atoms with Crippen LogP contribution in [-0.4, -0.2) is 38.2 Å². The molecule has 0 spiro atoms. The van der Waals surface area contributed by atoms with Gasteiger partial charge in [0.2, 0.25) is 11.9 Å². The number of aryl methyl sites for hydroxylation is 1. The minimum atomic E-state index is -4.81. The van der Waals surface area contributed by atoms with Gasteiger partial charge in [0.25, 0.3) is 5.56 Å². The fourth-order valence-corrected chi connectivity index (χ4v) is 4.44. The van der Waals surface area contributed by atoms with Crippen LogP contribution in [0.5, 0.6) is 11.5 Å². The molecular weight excluding hydrogens is 517 g/mol. The number of carbonyl (C=O) groups is 1. The van der Waals surface area contributed by atoms with Crippen molar-refractivity contribution >= 4 is 34.4 Å². The van der Waals surface area contributed by atoms with Crippen LogP contribution in [0.3, 0.4) is 0 Å². The largest absolute Gasteiger partial charge is 0.457 e. The van der Waals surface area contributed by atoms with Crippen molar-refractivity contribution in [2.45, 2.75) is 38.1 Å². The zero-order chi connectivity index (χ0) is 27.9. The van der Waals surface area contributed by atoms with E-state index in [1.807, 2.05) is 0 Å². The summed E-state index contributed by atoms with van der Waals surface area (Å²) in [5.74, 6) is 1.28. The Balaban J connectivity index is 1.44. The third-order valence-corrected chi connectivity index (χ3v) is 6.52. The third kappa shape index (κ3) is 5.43. The maximum Gasteiger partial charge on any atom is 0.421 e. The van der Waals surface area contributed by atoms with Crippen molar-refractivity contribution in [1.29, 1.82) is 0 Å². The molecule has 3 aromatic heterocycles. The van der Waals surface area contributed by atoms with Gasteiger partial charge in [-0.15, -0.1) is 0 Å². The minimum absolute atomic E-state index is 0.0833. The number of methoxy groups -OCH3 is 1. The number of benzene rings is 1. The number of pyridine rings is 2. The van der Waals surface area contributed by atoms with E-state index in [0.29, 0.717) is 41.2 Å². The second-order valence-electron chi connectivity index (χ2n) is 9.27. The summed E-state index contributed by atoms with van der Waals surface area (Å²) in [6.45, 7) is 1.37. The van der Waals surface area contributed by atoms with Gasteiger partial charge in [-0.3, -0.25) is 9.59 Å². The average Bonchev–Trinajstić information content (AvgIpc) is 3.14. The lowest BCUT2D eigenvalue weighted by molar-refractivity contribution is -0.139. The predicted molar refractivity (Wildman–Crippen MR) is 137 cm³/mol. The van der Waals surface area contributed by atoms with Crippen LogP contribution >= 0.6 is 0 Å². The molecule has 39 heavy (non-hydrogen) atoms. The molecule has 1 aliphatic carbocycles. The molecule has 0 atom stereocenters. The Hall–Kier alpha value is -4.39. The summed E-state index contributed by atoms with van der Waals surface area (Å²) >= 11 is 0. The van der Waals surface area contributed by atoms with Gasteiger partial charge in [0.05, 0.1) is 22.8 Å². The SMILES string of the molecule is COC1CC(n2cc(Nc3nc4ccc(Oc5ccnc(NC(C)=O)c5)cc4n3C)cc(C(F)(F)F)c2=O)C1. The number of anilines is 3. The summed E-state index contributed by atoms with van der Waals surface area (Å²) in [6.07, 6.45) is -1.11. The van der Waals surface area contributed by atoms with E-state index in [1.165, 1.54) is 26.4 Å². The minimum Gasteiger partial charge on any atom is -0.457 e. The van der Waals surface area contributed by atoms with Crippen molar-refractivity contribution in [2.24, 2.45) is 7.05 Å². The lowest BCUT2D eigenvalue weighted by Gasteiger charge is -2.35. The van der Waals surface area contributed by atoms with E-state index < -0.39 is 17.3 Å². The summed E-state index contributed by atoms with van der Waals surface area (Å²) in [6, 6.07) is 8.77. The van der Waals surface area contributed by atoms with Gasteiger partial charge < -0.3 is 29.2 Å². The van der Waals surface area contributed by atoms with Crippen molar-refractivity contribution in [3.63, 3.8) is 0 Å². The van der Waals surface area contributed by atoms with Crippen molar-refractivity contribution in [2.75, 3.05) is 17.7 Å². The fraction of sp³-hybridized carbons (Fsp3) is 0.308. The van der Waals surface area contributed by atoms with Crippen LogP contribution in [0.2, 0.25) is 0 Å². The van der Waals surface area contributed by atoms with E-state index in [4.69, 9.17) is 9.47 Å². The molecule has 13 heteroatoms. The van der Waals surface area contributed by atoms with E-state index in [9.17, 15) is 22.8 Å². The summed E-state index contributed by atoms with van der Waals surface area (Å²) in [5.41, 5.74) is -1.03. The second kappa shape index (κ2) is 10.1. The highest BCUT2D eigenvalue weighted by Crippen LogP contribution is 2.36. The molecule has 0 bridgehead atoms. The summed E-state index contributed by atoms with van der Waals surface area (Å²) < 4.78 is 55.1. The number of alkyl halides is 3. The van der Waals surface area contributed by atoms with Gasteiger partial charge in [-0.25, -0.2) is 9.97 Å². The number of halogens is 3. The first-order valence-electron chi connectivity index (χ1n) is 12.0. The average molecular weight is 543 g/mol. The summed E-state index contributed by atoms with van der Waals surface area (Å²) in [7, 11) is 3.24. The monoisotopic (exact) mass is 542 g/mol. The van der Waals surface area contributed by atoms with Gasteiger partial charge in [-0.2, -0.15) is 13.2 Å². The molecule has 10 nitrogen and oxygen atoms in total. The highest BCUT2D eigenvalue weighted by Gasteiger charge is 2.38. The van der Waals surface area contributed by atoms with Crippen LogP contribution in [0.15, 0.2) is 53.6 Å². The fourth-order valence-electron chi connectivity index (χ4n) is 4.44. The molecule has 1 fully saturated rings. The number of carbonyl (C=O) groups excluding carboxylic acids is 1. The van der Waals surface area contributed by atoms with Gasteiger partial charge in [0.1, 0.15) is 22.9 Å². The first-order valence-corrected chi connectivity index (χ1v) is 12.0. The van der Waals surface area contributed by atoms with Gasteiger partial charge in [0, 0.05) is 51.6 Å². The number of hydrogen-bond donors (Lipinski definition) is 2. The van der Waals surface area contributed by atoms with Crippen LogP contribution in [-0.2, 0) is 22.8 Å². The Kier molecular flexibility index (Phi) is 6.76. The molecule has 1 aromatic carbocycles. The molecule has 0 unspecified atom stereocenters. The number of fused-ring (bicyclic) bond motifs is 1. The Morgan fingerprint density at radius 3 is 2.56 bits per heavy atom. The van der Waals surface area contributed by atoms with Gasteiger partial charge >= 0.3 is 6.18 Å². The van der Waals surface area contributed by atoms with Crippen molar-refractivity contribution < 1.29 is 27.4 Å². The Morgan fingerprint density at radius 2 is 1.87 bits per heavy atom. The Bertz CT molecular complexity index is 1610. The molecule has 0 radical (unpaired) electrons. The number of imidazole rings is 1.